The first kappa shape index (κ1) is 21.5. The van der Waals surface area contributed by atoms with Crippen molar-refractivity contribution in [2.24, 2.45) is 0 Å². The summed E-state index contributed by atoms with van der Waals surface area (Å²) in [6, 6.07) is 14.4. The van der Waals surface area contributed by atoms with Gasteiger partial charge < -0.3 is 14.8 Å². The molecule has 0 heterocycles. The molecule has 148 valence electrons. The molecular weight excluding hydrogens is 378 g/mol. The van der Waals surface area contributed by atoms with Crippen LogP contribution in [-0.2, 0) is 20.7 Å². The number of benzene rings is 2. The van der Waals surface area contributed by atoms with Gasteiger partial charge in [-0.25, -0.2) is 0 Å². The van der Waals surface area contributed by atoms with Crippen molar-refractivity contribution in [3.63, 3.8) is 0 Å². The van der Waals surface area contributed by atoms with Gasteiger partial charge in [-0.3, -0.25) is 14.4 Å². The largest absolute Gasteiger partial charge is 0.497 e. The van der Waals surface area contributed by atoms with Crippen molar-refractivity contribution >= 4 is 29.4 Å². The molecule has 0 unspecified atom stereocenters. The first-order valence-electron chi connectivity index (χ1n) is 8.77. The van der Waals surface area contributed by atoms with E-state index in [0.717, 1.165) is 16.2 Å². The van der Waals surface area contributed by atoms with Crippen LogP contribution in [0.2, 0.25) is 0 Å². The number of methoxy groups -OCH3 is 1. The van der Waals surface area contributed by atoms with Gasteiger partial charge in [0.05, 0.1) is 12.9 Å². The van der Waals surface area contributed by atoms with E-state index in [9.17, 15) is 14.4 Å². The number of amides is 1. The molecule has 2 rings (SSSR count). The molecule has 0 aliphatic heterocycles. The molecule has 0 atom stereocenters. The fourth-order valence-corrected chi connectivity index (χ4v) is 3.02. The number of Topliss-reactive ketones (excluding diaryl/α,β-unsaturated/α-hetero) is 1. The summed E-state index contributed by atoms with van der Waals surface area (Å²) in [7, 11) is 1.59. The zero-order chi connectivity index (χ0) is 20.4. The Morgan fingerprint density at radius 3 is 2.29 bits per heavy atom. The van der Waals surface area contributed by atoms with Gasteiger partial charge >= 0.3 is 5.97 Å². The van der Waals surface area contributed by atoms with Crippen LogP contribution in [0.3, 0.4) is 0 Å². The van der Waals surface area contributed by atoms with Crippen LogP contribution >= 0.6 is 11.8 Å². The number of rotatable bonds is 10. The van der Waals surface area contributed by atoms with Gasteiger partial charge in [-0.2, -0.15) is 0 Å². The Morgan fingerprint density at radius 1 is 1.00 bits per heavy atom. The van der Waals surface area contributed by atoms with Crippen molar-refractivity contribution in [3.8, 4) is 5.75 Å². The van der Waals surface area contributed by atoms with E-state index >= 15 is 0 Å². The highest BCUT2D eigenvalue weighted by atomic mass is 32.2. The molecule has 1 amide bonds. The summed E-state index contributed by atoms with van der Waals surface area (Å²) in [6.07, 6.45) is 0.686. The standard InChI is InChI=1S/C21H23NO5S/c1-15(23)22-12-11-16-3-5-17(6-4-16)20(24)13-27-21(25)14-28-19-9-7-18(26-2)8-10-19/h3-10H,11-14H2,1-2H3,(H,22,23). The van der Waals surface area contributed by atoms with Crippen LogP contribution in [0.1, 0.15) is 22.8 Å². The van der Waals surface area contributed by atoms with E-state index in [1.165, 1.54) is 18.7 Å². The smallest absolute Gasteiger partial charge is 0.316 e. The van der Waals surface area contributed by atoms with E-state index in [-0.39, 0.29) is 24.1 Å². The maximum Gasteiger partial charge on any atom is 0.316 e. The number of carbonyl (C=O) groups excluding carboxylic acids is 3. The van der Waals surface area contributed by atoms with Crippen molar-refractivity contribution in [2.75, 3.05) is 26.0 Å². The van der Waals surface area contributed by atoms with E-state index in [0.29, 0.717) is 18.5 Å². The molecule has 1 N–H and O–H groups in total. The highest BCUT2D eigenvalue weighted by molar-refractivity contribution is 8.00. The van der Waals surface area contributed by atoms with Crippen molar-refractivity contribution in [1.29, 1.82) is 0 Å². The first-order chi connectivity index (χ1) is 13.5. The second-order valence-electron chi connectivity index (χ2n) is 5.98. The molecule has 2 aromatic rings. The minimum absolute atomic E-state index is 0.0706. The summed E-state index contributed by atoms with van der Waals surface area (Å²) < 4.78 is 10.1. The van der Waals surface area contributed by atoms with Gasteiger partial charge in [0.1, 0.15) is 5.75 Å². The van der Waals surface area contributed by atoms with Crippen LogP contribution in [0.15, 0.2) is 53.4 Å². The Bertz CT molecular complexity index is 803. The minimum atomic E-state index is -0.443. The Morgan fingerprint density at radius 2 is 1.68 bits per heavy atom. The summed E-state index contributed by atoms with van der Waals surface area (Å²) in [5.74, 6) is 0.108. The fourth-order valence-electron chi connectivity index (χ4n) is 2.33. The highest BCUT2D eigenvalue weighted by Gasteiger charge is 2.11. The maximum absolute atomic E-state index is 12.2. The number of nitrogens with one attached hydrogen (secondary N) is 1. The molecule has 0 spiro atoms. The second kappa shape index (κ2) is 11.1. The number of ether oxygens (including phenoxy) is 2. The highest BCUT2D eigenvalue weighted by Crippen LogP contribution is 2.21. The van der Waals surface area contributed by atoms with Crippen LogP contribution in [0.5, 0.6) is 5.75 Å². The molecule has 0 bridgehead atoms. The van der Waals surface area contributed by atoms with Gasteiger partial charge in [0.15, 0.2) is 12.4 Å². The number of ketones is 1. The Hall–Kier alpha value is -2.80. The molecule has 0 aliphatic carbocycles. The third kappa shape index (κ3) is 7.44. The number of carbonyl (C=O) groups is 3. The summed E-state index contributed by atoms with van der Waals surface area (Å²) in [6.45, 7) is 1.73. The monoisotopic (exact) mass is 401 g/mol. The van der Waals surface area contributed by atoms with E-state index in [1.807, 2.05) is 36.4 Å². The predicted octanol–water partition coefficient (Wildman–Crippen LogP) is 2.89. The van der Waals surface area contributed by atoms with Gasteiger partial charge in [0.2, 0.25) is 5.91 Å². The molecule has 2 aromatic carbocycles. The summed E-state index contributed by atoms with van der Waals surface area (Å²) in [5, 5.41) is 2.72. The summed E-state index contributed by atoms with van der Waals surface area (Å²) >= 11 is 1.34. The minimum Gasteiger partial charge on any atom is -0.497 e. The topological polar surface area (TPSA) is 81.7 Å². The van der Waals surface area contributed by atoms with Gasteiger partial charge in [-0.15, -0.1) is 11.8 Å². The molecule has 6 nitrogen and oxygen atoms in total. The number of esters is 1. The zero-order valence-electron chi connectivity index (χ0n) is 15.9. The van der Waals surface area contributed by atoms with E-state index in [1.54, 1.807) is 19.2 Å². The third-order valence-corrected chi connectivity index (χ3v) is 4.83. The van der Waals surface area contributed by atoms with E-state index < -0.39 is 5.97 Å². The van der Waals surface area contributed by atoms with Crippen LogP contribution < -0.4 is 10.1 Å². The van der Waals surface area contributed by atoms with Gasteiger partial charge in [0, 0.05) is 23.9 Å². The average Bonchev–Trinajstić information content (AvgIpc) is 2.71. The Balaban J connectivity index is 1.73. The molecule has 0 saturated carbocycles. The molecule has 0 aromatic heterocycles. The molecule has 0 radical (unpaired) electrons. The molecule has 0 saturated heterocycles. The molecule has 7 heteroatoms. The Labute approximate surface area is 168 Å². The Kier molecular flexibility index (Phi) is 8.55. The van der Waals surface area contributed by atoms with Gasteiger partial charge in [-0.05, 0) is 36.2 Å². The lowest BCUT2D eigenvalue weighted by Crippen LogP contribution is -2.22. The van der Waals surface area contributed by atoms with Crippen molar-refractivity contribution in [3.05, 3.63) is 59.7 Å². The molecule has 28 heavy (non-hydrogen) atoms. The van der Waals surface area contributed by atoms with Crippen molar-refractivity contribution in [2.45, 2.75) is 18.2 Å². The van der Waals surface area contributed by atoms with Crippen LogP contribution in [0.25, 0.3) is 0 Å². The SMILES string of the molecule is COc1ccc(SCC(=O)OCC(=O)c2ccc(CCNC(C)=O)cc2)cc1. The van der Waals surface area contributed by atoms with E-state index in [4.69, 9.17) is 9.47 Å². The predicted molar refractivity (Wildman–Crippen MR) is 108 cm³/mol. The van der Waals surface area contributed by atoms with Crippen molar-refractivity contribution in [1.82, 2.24) is 5.32 Å². The number of hydrogen-bond donors (Lipinski definition) is 1. The first-order valence-corrected chi connectivity index (χ1v) is 9.75. The quantitative estimate of drug-likeness (QED) is 0.375. The normalized spacial score (nSPS) is 10.2. The summed E-state index contributed by atoms with van der Waals surface area (Å²) in [5.41, 5.74) is 1.50. The molecule has 0 aliphatic rings. The molecule has 0 fully saturated rings. The van der Waals surface area contributed by atoms with Crippen LogP contribution in [0.4, 0.5) is 0 Å². The molecular formula is C21H23NO5S. The maximum atomic E-state index is 12.2. The van der Waals surface area contributed by atoms with Crippen LogP contribution in [-0.4, -0.2) is 43.7 Å². The zero-order valence-corrected chi connectivity index (χ0v) is 16.7. The lowest BCUT2D eigenvalue weighted by atomic mass is 10.1. The van der Waals surface area contributed by atoms with Gasteiger partial charge in [-0.1, -0.05) is 24.3 Å². The lowest BCUT2D eigenvalue weighted by molar-refractivity contribution is -0.139. The lowest BCUT2D eigenvalue weighted by Gasteiger charge is -2.06. The summed E-state index contributed by atoms with van der Waals surface area (Å²) in [4.78, 5) is 35.8. The number of thioether (sulfide) groups is 1. The number of hydrogen-bond acceptors (Lipinski definition) is 6. The van der Waals surface area contributed by atoms with Crippen LogP contribution in [0, 0.1) is 0 Å². The van der Waals surface area contributed by atoms with E-state index in [2.05, 4.69) is 5.32 Å². The second-order valence-corrected chi connectivity index (χ2v) is 7.03. The average molecular weight is 401 g/mol. The fraction of sp³-hybridized carbons (Fsp3) is 0.286. The third-order valence-electron chi connectivity index (χ3n) is 3.84. The van der Waals surface area contributed by atoms with Gasteiger partial charge in [0.25, 0.3) is 0 Å². The van der Waals surface area contributed by atoms with Crippen molar-refractivity contribution < 1.29 is 23.9 Å².